The predicted molar refractivity (Wildman–Crippen MR) is 117 cm³/mol. The standard InChI is InChI=1S/C24H31N3O2/c1-18-7-8-19(2)22(15-18)25-23(28)17-26(3)24(29)21-11-9-20(10-12-21)16-27-13-5-4-6-14-27/h7-12,15H,4-6,13-14,16-17H2,1-3H3,(H,25,28). The molecule has 5 nitrogen and oxygen atoms in total. The molecule has 0 saturated carbocycles. The Morgan fingerprint density at radius 3 is 2.38 bits per heavy atom. The van der Waals surface area contributed by atoms with Crippen LogP contribution in [-0.2, 0) is 11.3 Å². The molecule has 2 amide bonds. The molecule has 1 saturated heterocycles. The van der Waals surface area contributed by atoms with Gasteiger partial charge in [0.1, 0.15) is 0 Å². The fraction of sp³-hybridized carbons (Fsp3) is 0.417. The van der Waals surface area contributed by atoms with E-state index in [-0.39, 0.29) is 18.4 Å². The fourth-order valence-corrected chi connectivity index (χ4v) is 3.70. The van der Waals surface area contributed by atoms with Gasteiger partial charge in [-0.05, 0) is 74.7 Å². The molecule has 5 heteroatoms. The highest BCUT2D eigenvalue weighted by molar-refractivity contribution is 5.99. The SMILES string of the molecule is Cc1ccc(C)c(NC(=O)CN(C)C(=O)c2ccc(CN3CCCCC3)cc2)c1. The Bertz CT molecular complexity index is 855. The minimum Gasteiger partial charge on any atom is -0.332 e. The number of carbonyl (C=O) groups excluding carboxylic acids is 2. The lowest BCUT2D eigenvalue weighted by molar-refractivity contribution is -0.116. The average molecular weight is 394 g/mol. The van der Waals surface area contributed by atoms with Crippen molar-refractivity contribution >= 4 is 17.5 Å². The summed E-state index contributed by atoms with van der Waals surface area (Å²) in [5, 5.41) is 2.90. The number of nitrogens with zero attached hydrogens (tertiary/aromatic N) is 2. The fourth-order valence-electron chi connectivity index (χ4n) is 3.70. The zero-order chi connectivity index (χ0) is 20.8. The third kappa shape index (κ3) is 5.91. The number of hydrogen-bond donors (Lipinski definition) is 1. The Kier molecular flexibility index (Phi) is 7.04. The summed E-state index contributed by atoms with van der Waals surface area (Å²) in [6.45, 7) is 7.19. The van der Waals surface area contributed by atoms with Crippen LogP contribution in [0.3, 0.4) is 0 Å². The van der Waals surface area contributed by atoms with E-state index in [1.165, 1.54) is 29.7 Å². The van der Waals surface area contributed by atoms with E-state index in [0.717, 1.165) is 36.4 Å². The lowest BCUT2D eigenvalue weighted by atomic mass is 10.1. The molecule has 154 valence electrons. The molecule has 1 heterocycles. The topological polar surface area (TPSA) is 52.7 Å². The van der Waals surface area contributed by atoms with Gasteiger partial charge in [0.15, 0.2) is 0 Å². The highest BCUT2D eigenvalue weighted by Gasteiger charge is 2.16. The number of rotatable bonds is 6. The summed E-state index contributed by atoms with van der Waals surface area (Å²) in [6, 6.07) is 13.7. The summed E-state index contributed by atoms with van der Waals surface area (Å²) in [5.41, 5.74) is 4.70. The van der Waals surface area contributed by atoms with Gasteiger partial charge in [-0.1, -0.05) is 30.7 Å². The number of anilines is 1. The first-order valence-electron chi connectivity index (χ1n) is 10.4. The quantitative estimate of drug-likeness (QED) is 0.807. The smallest absolute Gasteiger partial charge is 0.254 e. The largest absolute Gasteiger partial charge is 0.332 e. The monoisotopic (exact) mass is 393 g/mol. The van der Waals surface area contributed by atoms with Crippen molar-refractivity contribution in [1.29, 1.82) is 0 Å². The first-order valence-corrected chi connectivity index (χ1v) is 10.4. The van der Waals surface area contributed by atoms with Gasteiger partial charge in [0.05, 0.1) is 6.54 Å². The van der Waals surface area contributed by atoms with Gasteiger partial charge >= 0.3 is 0 Å². The highest BCUT2D eigenvalue weighted by Crippen LogP contribution is 2.17. The molecule has 1 aliphatic rings. The van der Waals surface area contributed by atoms with Crippen molar-refractivity contribution in [1.82, 2.24) is 9.80 Å². The first kappa shape index (κ1) is 21.1. The summed E-state index contributed by atoms with van der Waals surface area (Å²) in [6.07, 6.45) is 3.87. The van der Waals surface area contributed by atoms with E-state index in [0.29, 0.717) is 5.56 Å². The second-order valence-electron chi connectivity index (χ2n) is 8.06. The van der Waals surface area contributed by atoms with Gasteiger partial charge in [0.2, 0.25) is 5.91 Å². The Labute approximate surface area is 173 Å². The van der Waals surface area contributed by atoms with Gasteiger partial charge in [-0.2, -0.15) is 0 Å². The Morgan fingerprint density at radius 2 is 1.69 bits per heavy atom. The van der Waals surface area contributed by atoms with Crippen LogP contribution < -0.4 is 5.32 Å². The molecule has 2 aromatic rings. The van der Waals surface area contributed by atoms with E-state index in [1.807, 2.05) is 56.3 Å². The van der Waals surface area contributed by atoms with Gasteiger partial charge in [0.25, 0.3) is 5.91 Å². The van der Waals surface area contributed by atoms with Gasteiger partial charge in [-0.3, -0.25) is 14.5 Å². The maximum atomic E-state index is 12.7. The van der Waals surface area contributed by atoms with Crippen molar-refractivity contribution in [2.75, 3.05) is 32.0 Å². The first-order chi connectivity index (χ1) is 13.9. The molecule has 0 aromatic heterocycles. The van der Waals surface area contributed by atoms with Crippen LogP contribution in [0.4, 0.5) is 5.69 Å². The van der Waals surface area contributed by atoms with E-state index in [4.69, 9.17) is 0 Å². The lowest BCUT2D eigenvalue weighted by Crippen LogP contribution is -2.35. The Morgan fingerprint density at radius 1 is 1.00 bits per heavy atom. The molecule has 1 N–H and O–H groups in total. The van der Waals surface area contributed by atoms with Crippen molar-refractivity contribution in [3.63, 3.8) is 0 Å². The molecule has 0 bridgehead atoms. The number of aryl methyl sites for hydroxylation is 2. The summed E-state index contributed by atoms with van der Waals surface area (Å²) >= 11 is 0. The maximum absolute atomic E-state index is 12.7. The molecular formula is C24H31N3O2. The number of hydrogen-bond acceptors (Lipinski definition) is 3. The summed E-state index contributed by atoms with van der Waals surface area (Å²) in [4.78, 5) is 29.0. The number of likely N-dealkylation sites (N-methyl/N-ethyl adjacent to an activating group) is 1. The maximum Gasteiger partial charge on any atom is 0.254 e. The third-order valence-corrected chi connectivity index (χ3v) is 5.45. The van der Waals surface area contributed by atoms with Crippen molar-refractivity contribution in [2.24, 2.45) is 0 Å². The van der Waals surface area contributed by atoms with Crippen LogP contribution in [0.5, 0.6) is 0 Å². The molecule has 1 fully saturated rings. The second kappa shape index (κ2) is 9.70. The van der Waals surface area contributed by atoms with Crippen LogP contribution in [0.15, 0.2) is 42.5 Å². The summed E-state index contributed by atoms with van der Waals surface area (Å²) in [5.74, 6) is -0.345. The number of piperidine rings is 1. The van der Waals surface area contributed by atoms with Crippen molar-refractivity contribution in [2.45, 2.75) is 39.7 Å². The molecule has 0 unspecified atom stereocenters. The second-order valence-corrected chi connectivity index (χ2v) is 8.06. The van der Waals surface area contributed by atoms with Gasteiger partial charge in [-0.15, -0.1) is 0 Å². The van der Waals surface area contributed by atoms with Gasteiger partial charge in [0, 0.05) is 24.8 Å². The molecule has 29 heavy (non-hydrogen) atoms. The molecule has 0 aliphatic carbocycles. The van der Waals surface area contributed by atoms with Crippen LogP contribution in [0.2, 0.25) is 0 Å². The van der Waals surface area contributed by atoms with Crippen molar-refractivity contribution in [3.05, 3.63) is 64.7 Å². The predicted octanol–water partition coefficient (Wildman–Crippen LogP) is 4.00. The number of nitrogens with one attached hydrogen (secondary N) is 1. The summed E-state index contributed by atoms with van der Waals surface area (Å²) in [7, 11) is 1.66. The zero-order valence-corrected chi connectivity index (χ0v) is 17.7. The molecule has 2 aromatic carbocycles. The van der Waals surface area contributed by atoms with Crippen LogP contribution >= 0.6 is 0 Å². The molecule has 0 spiro atoms. The van der Waals surface area contributed by atoms with Crippen LogP contribution in [0.25, 0.3) is 0 Å². The minimum absolute atomic E-state index is 0.0156. The van der Waals surface area contributed by atoms with Crippen molar-refractivity contribution in [3.8, 4) is 0 Å². The molecule has 0 atom stereocenters. The van der Waals surface area contributed by atoms with Crippen LogP contribution in [0.1, 0.15) is 46.3 Å². The number of amides is 2. The summed E-state index contributed by atoms with van der Waals surface area (Å²) < 4.78 is 0. The van der Waals surface area contributed by atoms with E-state index >= 15 is 0 Å². The van der Waals surface area contributed by atoms with Crippen LogP contribution in [0, 0.1) is 13.8 Å². The van der Waals surface area contributed by atoms with E-state index < -0.39 is 0 Å². The average Bonchev–Trinajstić information content (AvgIpc) is 2.71. The van der Waals surface area contributed by atoms with Gasteiger partial charge < -0.3 is 10.2 Å². The van der Waals surface area contributed by atoms with E-state index in [9.17, 15) is 9.59 Å². The molecule has 0 radical (unpaired) electrons. The van der Waals surface area contributed by atoms with E-state index in [2.05, 4.69) is 10.2 Å². The Balaban J connectivity index is 1.54. The van der Waals surface area contributed by atoms with Crippen LogP contribution in [-0.4, -0.2) is 48.3 Å². The number of carbonyl (C=O) groups is 2. The molecule has 3 rings (SSSR count). The minimum atomic E-state index is -0.198. The Hall–Kier alpha value is -2.66. The number of benzene rings is 2. The molecular weight excluding hydrogens is 362 g/mol. The van der Waals surface area contributed by atoms with Gasteiger partial charge in [-0.25, -0.2) is 0 Å². The zero-order valence-electron chi connectivity index (χ0n) is 17.7. The highest BCUT2D eigenvalue weighted by atomic mass is 16.2. The normalized spacial score (nSPS) is 14.4. The lowest BCUT2D eigenvalue weighted by Gasteiger charge is -2.26. The number of likely N-dealkylation sites (tertiary alicyclic amines) is 1. The van der Waals surface area contributed by atoms with Crippen molar-refractivity contribution < 1.29 is 9.59 Å². The molecule has 1 aliphatic heterocycles. The third-order valence-electron chi connectivity index (χ3n) is 5.45. The van der Waals surface area contributed by atoms with E-state index in [1.54, 1.807) is 7.05 Å².